The number of hydrogen-bond acceptors (Lipinski definition) is 4. The van der Waals surface area contributed by atoms with Gasteiger partial charge in [0.1, 0.15) is 6.04 Å². The molecule has 0 radical (unpaired) electrons. The quantitative estimate of drug-likeness (QED) is 0.578. The number of amides is 3. The molecule has 0 saturated heterocycles. The number of benzene rings is 2. The summed E-state index contributed by atoms with van der Waals surface area (Å²) < 4.78 is 1.64. The first-order valence-electron chi connectivity index (χ1n) is 9.04. The molecule has 0 fully saturated rings. The van der Waals surface area contributed by atoms with Gasteiger partial charge in [-0.15, -0.1) is 0 Å². The lowest BCUT2D eigenvalue weighted by atomic mass is 10.2. The van der Waals surface area contributed by atoms with Crippen LogP contribution in [0.5, 0.6) is 0 Å². The minimum absolute atomic E-state index is 0.0488. The molecular formula is C21H20N6O2. The summed E-state index contributed by atoms with van der Waals surface area (Å²) in [5, 5.41) is 21.6. The molecule has 1 aromatic heterocycles. The van der Waals surface area contributed by atoms with Gasteiger partial charge in [0, 0.05) is 30.4 Å². The van der Waals surface area contributed by atoms with E-state index in [4.69, 9.17) is 0 Å². The summed E-state index contributed by atoms with van der Waals surface area (Å²) in [6.07, 6.45) is 3.30. The van der Waals surface area contributed by atoms with Crippen LogP contribution in [0.15, 0.2) is 73.1 Å². The lowest BCUT2D eigenvalue weighted by Crippen LogP contribution is -2.34. The van der Waals surface area contributed by atoms with Crippen LogP contribution < -0.4 is 16.0 Å². The molecule has 1 unspecified atom stereocenters. The van der Waals surface area contributed by atoms with Gasteiger partial charge in [0.2, 0.25) is 5.91 Å². The number of carbonyl (C=O) groups excluding carboxylic acids is 2. The molecule has 2 aromatic carbocycles. The molecule has 29 heavy (non-hydrogen) atoms. The van der Waals surface area contributed by atoms with E-state index in [-0.39, 0.29) is 18.9 Å². The molecule has 0 aliphatic rings. The Morgan fingerprint density at radius 3 is 2.45 bits per heavy atom. The van der Waals surface area contributed by atoms with Gasteiger partial charge in [-0.2, -0.15) is 10.4 Å². The van der Waals surface area contributed by atoms with Crippen LogP contribution >= 0.6 is 0 Å². The van der Waals surface area contributed by atoms with Gasteiger partial charge in [-0.05, 0) is 24.3 Å². The average molecular weight is 388 g/mol. The van der Waals surface area contributed by atoms with E-state index >= 15 is 0 Å². The molecule has 0 saturated carbocycles. The van der Waals surface area contributed by atoms with Crippen molar-refractivity contribution in [3.63, 3.8) is 0 Å². The molecule has 3 rings (SSSR count). The summed E-state index contributed by atoms with van der Waals surface area (Å²) in [6.45, 7) is 0.145. The zero-order chi connectivity index (χ0) is 20.5. The Hall–Kier alpha value is -4.12. The highest BCUT2D eigenvalue weighted by Gasteiger charge is 2.16. The number of nitrogens with zero attached hydrogens (tertiary/aromatic N) is 3. The number of rotatable bonds is 7. The summed E-state index contributed by atoms with van der Waals surface area (Å²) in [5.41, 5.74) is 2.10. The Kier molecular flexibility index (Phi) is 6.58. The third-order valence-electron chi connectivity index (χ3n) is 4.06. The maximum atomic E-state index is 12.1. The molecule has 8 nitrogen and oxygen atoms in total. The van der Waals surface area contributed by atoms with Crippen molar-refractivity contribution in [3.8, 4) is 11.8 Å². The van der Waals surface area contributed by atoms with E-state index in [1.807, 2.05) is 48.5 Å². The summed E-state index contributed by atoms with van der Waals surface area (Å²) in [7, 11) is 0. The van der Waals surface area contributed by atoms with Crippen molar-refractivity contribution in [1.82, 2.24) is 20.4 Å². The van der Waals surface area contributed by atoms with Crippen LogP contribution in [0.3, 0.4) is 0 Å². The van der Waals surface area contributed by atoms with Crippen molar-refractivity contribution in [2.75, 3.05) is 11.9 Å². The number of nitrogens with one attached hydrogen (secondary N) is 3. The molecule has 3 amide bonds. The number of aromatic nitrogens is 2. The molecule has 0 aliphatic heterocycles. The fourth-order valence-corrected chi connectivity index (χ4v) is 2.62. The third-order valence-corrected chi connectivity index (χ3v) is 4.06. The van der Waals surface area contributed by atoms with Gasteiger partial charge in [-0.25, -0.2) is 9.48 Å². The normalized spacial score (nSPS) is 11.1. The summed E-state index contributed by atoms with van der Waals surface area (Å²) >= 11 is 0. The van der Waals surface area contributed by atoms with Gasteiger partial charge >= 0.3 is 6.03 Å². The number of nitriles is 1. The second-order valence-electron chi connectivity index (χ2n) is 6.18. The molecule has 0 spiro atoms. The molecular weight excluding hydrogens is 368 g/mol. The first-order valence-corrected chi connectivity index (χ1v) is 9.04. The van der Waals surface area contributed by atoms with Crippen LogP contribution in [-0.2, 0) is 4.79 Å². The molecule has 3 aromatic rings. The second-order valence-corrected chi connectivity index (χ2v) is 6.18. The first-order chi connectivity index (χ1) is 14.2. The topological polar surface area (TPSA) is 112 Å². The highest BCUT2D eigenvalue weighted by molar-refractivity contribution is 5.89. The fraction of sp³-hybridized carbons (Fsp3) is 0.143. The van der Waals surface area contributed by atoms with Crippen LogP contribution in [0.4, 0.5) is 10.5 Å². The molecule has 146 valence electrons. The SMILES string of the molecule is N#CC(NC(=O)CCNC(=O)Nc1ccccc1)c1cnn(-c2ccccc2)c1. The van der Waals surface area contributed by atoms with Crippen LogP contribution in [0.1, 0.15) is 18.0 Å². The number of anilines is 1. The van der Waals surface area contributed by atoms with E-state index in [0.717, 1.165) is 5.69 Å². The van der Waals surface area contributed by atoms with Crippen molar-refractivity contribution in [2.45, 2.75) is 12.5 Å². The first kappa shape index (κ1) is 19.6. The molecule has 1 heterocycles. The van der Waals surface area contributed by atoms with Gasteiger partial charge < -0.3 is 16.0 Å². The summed E-state index contributed by atoms with van der Waals surface area (Å²) in [6, 6.07) is 19.3. The van der Waals surface area contributed by atoms with E-state index in [1.165, 1.54) is 0 Å². The van der Waals surface area contributed by atoms with Gasteiger partial charge in [-0.3, -0.25) is 4.79 Å². The van der Waals surface area contributed by atoms with Crippen molar-refractivity contribution < 1.29 is 9.59 Å². The monoisotopic (exact) mass is 388 g/mol. The minimum Gasteiger partial charge on any atom is -0.337 e. The maximum absolute atomic E-state index is 12.1. The highest BCUT2D eigenvalue weighted by atomic mass is 16.2. The molecule has 3 N–H and O–H groups in total. The summed E-state index contributed by atoms with van der Waals surface area (Å²) in [4.78, 5) is 24.0. The Morgan fingerprint density at radius 2 is 1.76 bits per heavy atom. The van der Waals surface area contributed by atoms with Gasteiger partial charge in [0.25, 0.3) is 0 Å². The predicted octanol–water partition coefficient (Wildman–Crippen LogP) is 2.76. The minimum atomic E-state index is -0.821. The largest absolute Gasteiger partial charge is 0.337 e. The fourth-order valence-electron chi connectivity index (χ4n) is 2.62. The smallest absolute Gasteiger partial charge is 0.319 e. The number of hydrogen-bond donors (Lipinski definition) is 3. The van der Waals surface area contributed by atoms with Crippen molar-refractivity contribution in [2.24, 2.45) is 0 Å². The van der Waals surface area contributed by atoms with Crippen molar-refractivity contribution in [1.29, 1.82) is 5.26 Å². The molecule has 1 atom stereocenters. The van der Waals surface area contributed by atoms with E-state index in [9.17, 15) is 14.9 Å². The van der Waals surface area contributed by atoms with Crippen LogP contribution in [-0.4, -0.2) is 28.3 Å². The maximum Gasteiger partial charge on any atom is 0.319 e. The number of carbonyl (C=O) groups is 2. The summed E-state index contributed by atoms with van der Waals surface area (Å²) in [5.74, 6) is -0.343. The Bertz CT molecular complexity index is 995. The third kappa shape index (κ3) is 5.68. The molecule has 0 bridgehead atoms. The molecule has 8 heteroatoms. The number of para-hydroxylation sites is 2. The average Bonchev–Trinajstić information content (AvgIpc) is 3.23. The van der Waals surface area contributed by atoms with E-state index < -0.39 is 12.1 Å². The standard InChI is InChI=1S/C21H20N6O2/c22-13-19(16-14-24-27(15-16)18-9-5-2-6-10-18)26-20(28)11-12-23-21(29)25-17-7-3-1-4-8-17/h1-10,14-15,19H,11-12H2,(H,26,28)(H2,23,25,29). The second kappa shape index (κ2) is 9.71. The van der Waals surface area contributed by atoms with Gasteiger partial charge in [-0.1, -0.05) is 36.4 Å². The lowest BCUT2D eigenvalue weighted by Gasteiger charge is -2.11. The van der Waals surface area contributed by atoms with Crippen LogP contribution in [0, 0.1) is 11.3 Å². The Labute approximate surface area is 168 Å². The van der Waals surface area contributed by atoms with Crippen LogP contribution in [0.2, 0.25) is 0 Å². The van der Waals surface area contributed by atoms with E-state index in [2.05, 4.69) is 27.1 Å². The number of urea groups is 1. The van der Waals surface area contributed by atoms with Crippen molar-refractivity contribution >= 4 is 17.6 Å². The highest BCUT2D eigenvalue weighted by Crippen LogP contribution is 2.14. The zero-order valence-corrected chi connectivity index (χ0v) is 15.6. The van der Waals surface area contributed by atoms with Gasteiger partial charge in [0.15, 0.2) is 0 Å². The Morgan fingerprint density at radius 1 is 1.07 bits per heavy atom. The zero-order valence-electron chi connectivity index (χ0n) is 15.6. The Balaban J connectivity index is 1.47. The van der Waals surface area contributed by atoms with E-state index in [0.29, 0.717) is 11.3 Å². The lowest BCUT2D eigenvalue weighted by molar-refractivity contribution is -0.121. The van der Waals surface area contributed by atoms with Crippen LogP contribution in [0.25, 0.3) is 5.69 Å². The van der Waals surface area contributed by atoms with Gasteiger partial charge in [0.05, 0.1) is 18.0 Å². The predicted molar refractivity (Wildman–Crippen MR) is 108 cm³/mol. The van der Waals surface area contributed by atoms with E-state index in [1.54, 1.807) is 29.2 Å². The molecule has 0 aliphatic carbocycles. The van der Waals surface area contributed by atoms with Crippen molar-refractivity contribution in [3.05, 3.63) is 78.6 Å².